The average Bonchev–Trinajstić information content (AvgIpc) is 3.02. The standard InChI is InChI=1S/C18H17F3N4O2/c1-26-10-8-17-23-16(11-13-3-2-9-22-12-13)24-25(17)14-4-6-15(7-5-14)27-18(19,20)21/h2-7,9,12H,8,10-11H2,1H3. The Morgan fingerprint density at radius 3 is 2.52 bits per heavy atom. The Morgan fingerprint density at radius 1 is 1.11 bits per heavy atom. The third-order valence-corrected chi connectivity index (χ3v) is 3.65. The zero-order chi connectivity index (χ0) is 19.3. The van der Waals surface area contributed by atoms with Gasteiger partial charge in [0, 0.05) is 32.3 Å². The van der Waals surface area contributed by atoms with Gasteiger partial charge in [-0.1, -0.05) is 6.07 Å². The average molecular weight is 378 g/mol. The lowest BCUT2D eigenvalue weighted by Gasteiger charge is -2.10. The summed E-state index contributed by atoms with van der Waals surface area (Å²) in [6.45, 7) is 0.445. The molecule has 0 N–H and O–H groups in total. The Morgan fingerprint density at radius 2 is 1.89 bits per heavy atom. The van der Waals surface area contributed by atoms with Crippen molar-refractivity contribution in [2.45, 2.75) is 19.2 Å². The third kappa shape index (κ3) is 5.27. The maximum atomic E-state index is 12.3. The van der Waals surface area contributed by atoms with Crippen molar-refractivity contribution in [2.75, 3.05) is 13.7 Å². The van der Waals surface area contributed by atoms with Gasteiger partial charge in [0.05, 0.1) is 12.3 Å². The lowest BCUT2D eigenvalue weighted by Crippen LogP contribution is -2.17. The van der Waals surface area contributed by atoms with Crippen molar-refractivity contribution >= 4 is 0 Å². The van der Waals surface area contributed by atoms with E-state index in [1.165, 1.54) is 24.3 Å². The van der Waals surface area contributed by atoms with Crippen LogP contribution in [0.15, 0.2) is 48.8 Å². The van der Waals surface area contributed by atoms with Crippen molar-refractivity contribution in [3.63, 3.8) is 0 Å². The van der Waals surface area contributed by atoms with Gasteiger partial charge in [-0.3, -0.25) is 4.98 Å². The maximum Gasteiger partial charge on any atom is 0.573 e. The van der Waals surface area contributed by atoms with Crippen LogP contribution in [0.4, 0.5) is 13.2 Å². The molecule has 3 rings (SSSR count). The molecule has 0 amide bonds. The van der Waals surface area contributed by atoms with Crippen molar-refractivity contribution in [2.24, 2.45) is 0 Å². The Labute approximate surface area is 153 Å². The number of alkyl halides is 3. The summed E-state index contributed by atoms with van der Waals surface area (Å²) in [7, 11) is 1.58. The number of halogens is 3. The summed E-state index contributed by atoms with van der Waals surface area (Å²) < 4.78 is 47.5. The molecule has 0 saturated heterocycles. The van der Waals surface area contributed by atoms with E-state index in [9.17, 15) is 13.2 Å². The minimum absolute atomic E-state index is 0.291. The fourth-order valence-corrected chi connectivity index (χ4v) is 2.50. The highest BCUT2D eigenvalue weighted by Gasteiger charge is 2.31. The summed E-state index contributed by atoms with van der Waals surface area (Å²) in [5, 5.41) is 4.49. The fraction of sp³-hybridized carbons (Fsp3) is 0.278. The Kier molecular flexibility index (Phi) is 5.70. The molecular weight excluding hydrogens is 361 g/mol. The third-order valence-electron chi connectivity index (χ3n) is 3.65. The number of methoxy groups -OCH3 is 1. The first kappa shape index (κ1) is 18.8. The van der Waals surface area contributed by atoms with Crippen LogP contribution in [0.25, 0.3) is 5.69 Å². The normalized spacial score (nSPS) is 11.6. The van der Waals surface area contributed by atoms with Crippen LogP contribution in [0.3, 0.4) is 0 Å². The van der Waals surface area contributed by atoms with Gasteiger partial charge in [0.15, 0.2) is 5.82 Å². The van der Waals surface area contributed by atoms with E-state index >= 15 is 0 Å². The molecule has 1 aromatic carbocycles. The molecule has 3 aromatic rings. The Hall–Kier alpha value is -2.94. The highest BCUT2D eigenvalue weighted by atomic mass is 19.4. The molecule has 0 atom stereocenters. The zero-order valence-corrected chi connectivity index (χ0v) is 14.5. The molecule has 0 aliphatic rings. The lowest BCUT2D eigenvalue weighted by molar-refractivity contribution is -0.274. The van der Waals surface area contributed by atoms with Crippen LogP contribution in [0.2, 0.25) is 0 Å². The van der Waals surface area contributed by atoms with E-state index < -0.39 is 6.36 Å². The maximum absolute atomic E-state index is 12.3. The molecule has 0 aliphatic heterocycles. The predicted molar refractivity (Wildman–Crippen MR) is 90.7 cm³/mol. The second-order valence-corrected chi connectivity index (χ2v) is 5.68. The van der Waals surface area contributed by atoms with Crippen LogP contribution in [0, 0.1) is 0 Å². The molecule has 2 heterocycles. The molecule has 6 nitrogen and oxygen atoms in total. The summed E-state index contributed by atoms with van der Waals surface area (Å²) in [6, 6.07) is 9.24. The first-order chi connectivity index (χ1) is 12.9. The molecule has 27 heavy (non-hydrogen) atoms. The minimum atomic E-state index is -4.73. The smallest absolute Gasteiger partial charge is 0.406 e. The van der Waals surface area contributed by atoms with Gasteiger partial charge in [0.1, 0.15) is 11.6 Å². The van der Waals surface area contributed by atoms with Crippen molar-refractivity contribution in [3.8, 4) is 11.4 Å². The number of ether oxygens (including phenoxy) is 2. The second kappa shape index (κ2) is 8.17. The SMILES string of the molecule is COCCc1nc(Cc2cccnc2)nn1-c1ccc(OC(F)(F)F)cc1. The number of rotatable bonds is 7. The van der Waals surface area contributed by atoms with E-state index in [1.807, 2.05) is 12.1 Å². The Balaban J connectivity index is 1.86. The minimum Gasteiger partial charge on any atom is -0.406 e. The van der Waals surface area contributed by atoms with Crippen LogP contribution in [-0.4, -0.2) is 39.8 Å². The molecule has 0 aliphatic carbocycles. The molecule has 2 aromatic heterocycles. The quantitative estimate of drug-likeness (QED) is 0.631. The summed E-state index contributed by atoms with van der Waals surface area (Å²) in [5.41, 5.74) is 1.54. The molecule has 0 radical (unpaired) electrons. The van der Waals surface area contributed by atoms with Gasteiger partial charge in [-0.2, -0.15) is 5.10 Å². The number of hydrogen-bond donors (Lipinski definition) is 0. The molecular formula is C18H17F3N4O2. The summed E-state index contributed by atoms with van der Waals surface area (Å²) in [4.78, 5) is 8.60. The van der Waals surface area contributed by atoms with Gasteiger partial charge in [-0.25, -0.2) is 9.67 Å². The number of aromatic nitrogens is 4. The highest BCUT2D eigenvalue weighted by Crippen LogP contribution is 2.24. The van der Waals surface area contributed by atoms with Gasteiger partial charge in [0.25, 0.3) is 0 Å². The number of nitrogens with zero attached hydrogens (tertiary/aromatic N) is 4. The van der Waals surface area contributed by atoms with Gasteiger partial charge in [0.2, 0.25) is 0 Å². The van der Waals surface area contributed by atoms with E-state index in [4.69, 9.17) is 4.74 Å². The number of pyridine rings is 1. The Bertz CT molecular complexity index is 865. The first-order valence-corrected chi connectivity index (χ1v) is 8.13. The van der Waals surface area contributed by atoms with Crippen molar-refractivity contribution in [1.82, 2.24) is 19.7 Å². The van der Waals surface area contributed by atoms with E-state index in [2.05, 4.69) is 19.8 Å². The van der Waals surface area contributed by atoms with Gasteiger partial charge >= 0.3 is 6.36 Å². The monoisotopic (exact) mass is 378 g/mol. The van der Waals surface area contributed by atoms with Crippen LogP contribution in [0.1, 0.15) is 17.2 Å². The van der Waals surface area contributed by atoms with Gasteiger partial charge in [-0.05, 0) is 35.9 Å². The van der Waals surface area contributed by atoms with E-state index in [0.717, 1.165) is 5.56 Å². The largest absolute Gasteiger partial charge is 0.573 e. The molecule has 142 valence electrons. The first-order valence-electron chi connectivity index (χ1n) is 8.13. The van der Waals surface area contributed by atoms with Crippen LogP contribution in [0.5, 0.6) is 5.75 Å². The van der Waals surface area contributed by atoms with E-state index in [1.54, 1.807) is 24.2 Å². The molecule has 0 unspecified atom stereocenters. The molecule has 0 bridgehead atoms. The van der Waals surface area contributed by atoms with Gasteiger partial charge in [-0.15, -0.1) is 13.2 Å². The topological polar surface area (TPSA) is 62.1 Å². The van der Waals surface area contributed by atoms with Crippen molar-refractivity contribution < 1.29 is 22.6 Å². The molecule has 0 spiro atoms. The molecule has 0 saturated carbocycles. The van der Waals surface area contributed by atoms with Crippen LogP contribution >= 0.6 is 0 Å². The number of hydrogen-bond acceptors (Lipinski definition) is 5. The van der Waals surface area contributed by atoms with E-state index in [0.29, 0.717) is 36.8 Å². The molecule has 0 fully saturated rings. The molecule has 9 heteroatoms. The summed E-state index contributed by atoms with van der Waals surface area (Å²) in [6.07, 6.45) is -0.300. The number of benzene rings is 1. The lowest BCUT2D eigenvalue weighted by atomic mass is 10.2. The van der Waals surface area contributed by atoms with Gasteiger partial charge < -0.3 is 9.47 Å². The summed E-state index contributed by atoms with van der Waals surface area (Å²) in [5.74, 6) is 0.949. The van der Waals surface area contributed by atoms with Crippen molar-refractivity contribution in [3.05, 3.63) is 66.0 Å². The fourth-order valence-electron chi connectivity index (χ4n) is 2.50. The van der Waals surface area contributed by atoms with Crippen LogP contribution in [-0.2, 0) is 17.6 Å². The van der Waals surface area contributed by atoms with Crippen LogP contribution < -0.4 is 4.74 Å². The predicted octanol–water partition coefficient (Wildman–Crippen LogP) is 3.34. The summed E-state index contributed by atoms with van der Waals surface area (Å²) >= 11 is 0. The zero-order valence-electron chi connectivity index (χ0n) is 14.5. The highest BCUT2D eigenvalue weighted by molar-refractivity contribution is 5.37. The van der Waals surface area contributed by atoms with Crippen molar-refractivity contribution in [1.29, 1.82) is 0 Å². The van der Waals surface area contributed by atoms with E-state index in [-0.39, 0.29) is 5.75 Å². The second-order valence-electron chi connectivity index (χ2n) is 5.68.